The van der Waals surface area contributed by atoms with E-state index >= 15 is 0 Å². The lowest BCUT2D eigenvalue weighted by Crippen LogP contribution is -1.94. The van der Waals surface area contributed by atoms with Crippen molar-refractivity contribution in [2.45, 2.75) is 0 Å². The third-order valence-electron chi connectivity index (χ3n) is 22.8. The summed E-state index contributed by atoms with van der Waals surface area (Å²) < 4.78 is 18.9. The van der Waals surface area contributed by atoms with Gasteiger partial charge in [0.1, 0.15) is 11.2 Å². The molecule has 0 saturated heterocycles. The molecule has 24 rings (SSSR count). The van der Waals surface area contributed by atoms with Gasteiger partial charge in [-0.2, -0.15) is 0 Å². The molecule has 0 atom stereocenters. The van der Waals surface area contributed by atoms with Crippen molar-refractivity contribution in [3.05, 3.63) is 419 Å². The van der Waals surface area contributed by atoms with Gasteiger partial charge in [0.15, 0.2) is 0 Å². The predicted molar refractivity (Wildman–Crippen MR) is 488 cm³/mol. The van der Waals surface area contributed by atoms with Gasteiger partial charge in [0, 0.05) is 106 Å². The predicted octanol–water partition coefficient (Wildman–Crippen LogP) is 31.0. The van der Waals surface area contributed by atoms with Crippen LogP contribution in [0, 0.1) is 0 Å². The summed E-state index contributed by atoms with van der Waals surface area (Å²) in [5.74, 6) is 0. The highest BCUT2D eigenvalue weighted by atomic mass is 32.1. The number of thiophene rings is 2. The Hall–Kier alpha value is -14.4. The highest BCUT2D eigenvalue weighted by Crippen LogP contribution is 2.46. The lowest BCUT2D eigenvalue weighted by Gasteiger charge is -2.11. The maximum Gasteiger partial charge on any atom is 0.143 e. The first kappa shape index (κ1) is 66.6. The molecule has 0 radical (unpaired) electrons. The molecule has 0 fully saturated rings. The Kier molecular flexibility index (Phi) is 16.3. The van der Waals surface area contributed by atoms with E-state index in [4.69, 9.17) is 4.42 Å². The average Bonchev–Trinajstić information content (AvgIpc) is 1.59. The van der Waals surface area contributed by atoms with E-state index in [2.05, 4.69) is 420 Å². The zero-order valence-electron chi connectivity index (χ0n) is 61.9. The van der Waals surface area contributed by atoms with Crippen molar-refractivity contribution in [1.29, 1.82) is 0 Å². The normalized spacial score (nSPS) is 11.7. The molecular formula is C108H69N3OS2. The molecule has 4 nitrogen and oxygen atoms in total. The molecule has 0 aliphatic rings. The highest BCUT2D eigenvalue weighted by Gasteiger charge is 2.21. The van der Waals surface area contributed by atoms with Gasteiger partial charge >= 0.3 is 0 Å². The highest BCUT2D eigenvalue weighted by molar-refractivity contribution is 7.26. The maximum absolute atomic E-state index is 6.35. The van der Waals surface area contributed by atoms with Gasteiger partial charge in [-0.15, -0.1) is 22.7 Å². The third-order valence-corrected chi connectivity index (χ3v) is 25.3. The summed E-state index contributed by atoms with van der Waals surface area (Å²) in [6.07, 6.45) is 0. The van der Waals surface area contributed by atoms with E-state index < -0.39 is 0 Å². The minimum absolute atomic E-state index is 0.923. The average molecular weight is 1490 g/mol. The summed E-state index contributed by atoms with van der Waals surface area (Å²) in [7, 11) is 0. The summed E-state index contributed by atoms with van der Waals surface area (Å²) in [5.41, 5.74) is 27.4. The summed E-state index contributed by atoms with van der Waals surface area (Å²) in [6, 6.07) is 151. The molecule has 24 aromatic rings. The van der Waals surface area contributed by atoms with Gasteiger partial charge in [0.25, 0.3) is 0 Å². The van der Waals surface area contributed by atoms with Crippen LogP contribution < -0.4 is 0 Å². The van der Waals surface area contributed by atoms with Crippen molar-refractivity contribution in [2.24, 2.45) is 0 Å². The van der Waals surface area contributed by atoms with Crippen LogP contribution in [0.3, 0.4) is 0 Å². The number of benzene rings is 18. The van der Waals surface area contributed by atoms with Crippen molar-refractivity contribution >= 4 is 150 Å². The van der Waals surface area contributed by atoms with Crippen LogP contribution in [0.25, 0.3) is 212 Å². The lowest BCUT2D eigenvalue weighted by atomic mass is 10.0. The lowest BCUT2D eigenvalue weighted by molar-refractivity contribution is 0.670. The van der Waals surface area contributed by atoms with E-state index in [9.17, 15) is 0 Å². The molecule has 18 aromatic carbocycles. The Labute approximate surface area is 666 Å². The topological polar surface area (TPSA) is 27.9 Å². The van der Waals surface area contributed by atoms with E-state index in [1.807, 2.05) is 34.8 Å². The zero-order valence-corrected chi connectivity index (χ0v) is 63.5. The fourth-order valence-electron chi connectivity index (χ4n) is 17.5. The molecule has 0 N–H and O–H groups in total. The first-order chi connectivity index (χ1) is 56.5. The second kappa shape index (κ2) is 27.9. The van der Waals surface area contributed by atoms with E-state index in [0.717, 1.165) is 38.8 Å². The molecule has 6 heterocycles. The molecule has 0 spiro atoms. The molecule has 534 valence electrons. The second-order valence-corrected chi connectivity index (χ2v) is 31.4. The number of rotatable bonds is 9. The first-order valence-corrected chi connectivity index (χ1v) is 40.5. The van der Waals surface area contributed by atoms with Crippen molar-refractivity contribution in [3.8, 4) is 83.8 Å². The minimum atomic E-state index is 0.923. The van der Waals surface area contributed by atoms with Crippen molar-refractivity contribution in [2.75, 3.05) is 0 Å². The number of furan rings is 1. The van der Waals surface area contributed by atoms with Crippen LogP contribution >= 0.6 is 22.7 Å². The van der Waals surface area contributed by atoms with Gasteiger partial charge in [0.2, 0.25) is 0 Å². The monoisotopic (exact) mass is 1490 g/mol. The van der Waals surface area contributed by atoms with E-state index in [1.165, 1.54) is 173 Å². The summed E-state index contributed by atoms with van der Waals surface area (Å²) >= 11 is 3.78. The Morgan fingerprint density at radius 3 is 0.956 bits per heavy atom. The molecule has 0 aliphatic heterocycles. The number of fused-ring (bicyclic) bond motifs is 18. The fraction of sp³-hybridized carbons (Fsp3) is 0. The Bertz CT molecular complexity index is 7520. The third kappa shape index (κ3) is 11.4. The Balaban J connectivity index is 0.000000104. The molecule has 114 heavy (non-hydrogen) atoms. The number of para-hydroxylation sites is 5. The van der Waals surface area contributed by atoms with Crippen LogP contribution in [0.2, 0.25) is 0 Å². The molecule has 6 heteroatoms. The van der Waals surface area contributed by atoms with Gasteiger partial charge in [-0.1, -0.05) is 309 Å². The van der Waals surface area contributed by atoms with Gasteiger partial charge in [-0.3, -0.25) is 0 Å². The molecule has 0 bridgehead atoms. The number of nitrogens with zero attached hydrogens (tertiary/aromatic N) is 3. The smallest absolute Gasteiger partial charge is 0.143 e. The maximum atomic E-state index is 6.35. The van der Waals surface area contributed by atoms with Gasteiger partial charge in [-0.05, 0) is 170 Å². The van der Waals surface area contributed by atoms with Crippen LogP contribution in [0.4, 0.5) is 0 Å². The Morgan fingerprint density at radius 1 is 0.175 bits per heavy atom. The van der Waals surface area contributed by atoms with Crippen LogP contribution in [0.5, 0.6) is 0 Å². The largest absolute Gasteiger partial charge is 0.455 e. The van der Waals surface area contributed by atoms with Gasteiger partial charge < -0.3 is 18.1 Å². The van der Waals surface area contributed by atoms with Gasteiger partial charge in [-0.25, -0.2) is 0 Å². The number of hydrogen-bond donors (Lipinski definition) is 0. The summed E-state index contributed by atoms with van der Waals surface area (Å²) in [6.45, 7) is 0. The first-order valence-electron chi connectivity index (χ1n) is 38.8. The zero-order chi connectivity index (χ0) is 75.2. The fourth-order valence-corrected chi connectivity index (χ4v) is 20.0. The number of aromatic nitrogens is 3. The van der Waals surface area contributed by atoms with Crippen molar-refractivity contribution < 1.29 is 4.42 Å². The molecule has 6 aromatic heterocycles. The van der Waals surface area contributed by atoms with E-state index in [0.29, 0.717) is 0 Å². The van der Waals surface area contributed by atoms with E-state index in [1.54, 1.807) is 0 Å². The van der Waals surface area contributed by atoms with Crippen LogP contribution in [0.15, 0.2) is 423 Å². The number of hydrogen-bond acceptors (Lipinski definition) is 3. The molecule has 0 unspecified atom stereocenters. The van der Waals surface area contributed by atoms with E-state index in [-0.39, 0.29) is 0 Å². The second-order valence-electron chi connectivity index (χ2n) is 29.3. The SMILES string of the molecule is c1ccc(-c2ccc(-n3c4ccccc4c4cc(-c5cccc6c5oc5ccccc56)ccc43)cc2)cc1.c1ccc(-c2ccc(-n3c4ccccc4c4cc(-c5cccc6c5sc5ccccc56)ccc43)cc2)cc1.c1ccc(-c2cccc(-n3c4ccccc4c4cc(-c5cccc6c5sc5ccccc56)ccc43)c2)cc1. The van der Waals surface area contributed by atoms with Crippen LogP contribution in [0.1, 0.15) is 0 Å². The molecule has 0 saturated carbocycles. The van der Waals surface area contributed by atoms with Crippen LogP contribution in [-0.2, 0) is 0 Å². The summed E-state index contributed by atoms with van der Waals surface area (Å²) in [4.78, 5) is 0. The molecule has 0 aliphatic carbocycles. The summed E-state index contributed by atoms with van der Waals surface area (Å²) in [5, 5.41) is 15.2. The standard InChI is InChI=1S/C36H23NO.2C36H23NS/c1-2-9-24(10-3-1)25-17-20-27(21-18-25)37-33-15-6-4-11-29(33)32-23-26(19-22-34(32)37)28-13-8-14-31-30-12-5-7-16-35(30)38-36(28)31;1-2-10-24(11-3-1)25-12-8-13-27(22-25)37-33-18-6-4-14-29(33)32-23-26(20-21-34(32)37)28-16-9-17-31-30-15-5-7-19-35(30)38-36(28)31;1-2-9-24(10-3-1)25-17-20-27(21-18-25)37-33-15-6-4-11-29(33)32-23-26(19-22-34(32)37)28-13-8-14-31-30-12-5-7-16-35(30)38-36(28)31/h3*1-23H. The molecule has 0 amide bonds. The Morgan fingerprint density at radius 2 is 0.491 bits per heavy atom. The van der Waals surface area contributed by atoms with Gasteiger partial charge in [0.05, 0.1) is 33.1 Å². The van der Waals surface area contributed by atoms with Crippen molar-refractivity contribution in [1.82, 2.24) is 13.7 Å². The molecular weight excluding hydrogens is 1420 g/mol. The van der Waals surface area contributed by atoms with Crippen molar-refractivity contribution in [3.63, 3.8) is 0 Å². The van der Waals surface area contributed by atoms with Crippen LogP contribution in [-0.4, -0.2) is 13.7 Å². The quantitative estimate of drug-likeness (QED) is 0.142. The minimum Gasteiger partial charge on any atom is -0.455 e.